The fraction of sp³-hybridized carbons (Fsp3) is 0.207. The van der Waals surface area contributed by atoms with Crippen LogP contribution < -0.4 is 5.32 Å². The summed E-state index contributed by atoms with van der Waals surface area (Å²) in [5.41, 5.74) is 3.72. The van der Waals surface area contributed by atoms with Crippen LogP contribution in [0.2, 0.25) is 10.0 Å². The van der Waals surface area contributed by atoms with Crippen molar-refractivity contribution in [3.63, 3.8) is 0 Å². The highest BCUT2D eigenvalue weighted by Crippen LogP contribution is 2.35. The Balaban J connectivity index is 1.50. The van der Waals surface area contributed by atoms with Gasteiger partial charge in [0.15, 0.2) is 0 Å². The molecule has 3 aromatic carbocycles. The number of aliphatic carboxylic acids is 1. The molecule has 3 aromatic rings. The second kappa shape index (κ2) is 11.7. The minimum Gasteiger partial charge on any atom is -0.507 e. The summed E-state index contributed by atoms with van der Waals surface area (Å²) in [7, 11) is 0. The molecule has 0 radical (unpaired) electrons. The molecular weight excluding hydrogens is 527 g/mol. The van der Waals surface area contributed by atoms with Gasteiger partial charge in [-0.25, -0.2) is 4.79 Å². The summed E-state index contributed by atoms with van der Waals surface area (Å²) in [6.07, 6.45) is 3.45. The van der Waals surface area contributed by atoms with Gasteiger partial charge in [0.05, 0.1) is 15.6 Å². The lowest BCUT2D eigenvalue weighted by molar-refractivity contribution is -0.139. The van der Waals surface area contributed by atoms with Crippen LogP contribution in [0.25, 0.3) is 6.08 Å². The van der Waals surface area contributed by atoms with Crippen molar-refractivity contribution in [1.82, 2.24) is 10.2 Å². The number of phenolic OH excluding ortho intramolecular Hbond substituents is 1. The van der Waals surface area contributed by atoms with Gasteiger partial charge < -0.3 is 20.4 Å². The number of hydrogen-bond donors (Lipinski definition) is 3. The van der Waals surface area contributed by atoms with Crippen LogP contribution in [-0.2, 0) is 29.0 Å². The Kier molecular flexibility index (Phi) is 8.39. The number of aryl methyl sites for hydroxylation is 1. The normalized spacial score (nSPS) is 13.7. The number of nitrogens with one attached hydrogen (secondary N) is 1. The highest BCUT2D eigenvalue weighted by atomic mass is 35.5. The van der Waals surface area contributed by atoms with E-state index >= 15 is 0 Å². The van der Waals surface area contributed by atoms with Gasteiger partial charge in [-0.05, 0) is 48.2 Å². The summed E-state index contributed by atoms with van der Waals surface area (Å²) in [4.78, 5) is 39.4. The molecule has 0 fully saturated rings. The first kappa shape index (κ1) is 27.2. The van der Waals surface area contributed by atoms with Gasteiger partial charge in [0.2, 0.25) is 5.91 Å². The number of phenols is 1. The van der Waals surface area contributed by atoms with Crippen LogP contribution in [0.15, 0.2) is 60.7 Å². The number of hydrogen-bond acceptors (Lipinski definition) is 4. The van der Waals surface area contributed by atoms with E-state index in [1.165, 1.54) is 6.08 Å². The van der Waals surface area contributed by atoms with Crippen LogP contribution >= 0.6 is 23.2 Å². The molecule has 1 heterocycles. The van der Waals surface area contributed by atoms with Crippen molar-refractivity contribution in [1.29, 1.82) is 0 Å². The number of aromatic hydroxyl groups is 1. The molecule has 1 aliphatic heterocycles. The van der Waals surface area contributed by atoms with Crippen LogP contribution in [0.5, 0.6) is 5.75 Å². The molecule has 0 unspecified atom stereocenters. The number of carboxylic acids is 1. The van der Waals surface area contributed by atoms with E-state index in [0.29, 0.717) is 29.7 Å². The number of carboxylic acid groups (broad SMARTS) is 1. The van der Waals surface area contributed by atoms with Crippen molar-refractivity contribution >= 4 is 47.1 Å². The summed E-state index contributed by atoms with van der Waals surface area (Å²) < 4.78 is 0. The fourth-order valence-electron chi connectivity index (χ4n) is 4.45. The molecule has 196 valence electrons. The Morgan fingerprint density at radius 3 is 2.58 bits per heavy atom. The molecule has 38 heavy (non-hydrogen) atoms. The average Bonchev–Trinajstić information content (AvgIpc) is 2.87. The number of fused-ring (bicyclic) bond motifs is 1. The Morgan fingerprint density at radius 2 is 1.87 bits per heavy atom. The van der Waals surface area contributed by atoms with Crippen LogP contribution in [0.1, 0.15) is 38.2 Å². The summed E-state index contributed by atoms with van der Waals surface area (Å²) in [6, 6.07) is 14.5. The van der Waals surface area contributed by atoms with Crippen LogP contribution in [0, 0.1) is 6.92 Å². The topological polar surface area (TPSA) is 107 Å². The van der Waals surface area contributed by atoms with Gasteiger partial charge in [0, 0.05) is 31.1 Å². The first-order valence-corrected chi connectivity index (χ1v) is 12.7. The Hall–Kier alpha value is -3.81. The van der Waals surface area contributed by atoms with E-state index in [4.69, 9.17) is 23.2 Å². The van der Waals surface area contributed by atoms with Crippen LogP contribution in [0.4, 0.5) is 0 Å². The smallest absolute Gasteiger partial charge is 0.326 e. The van der Waals surface area contributed by atoms with Crippen molar-refractivity contribution in [3.8, 4) is 5.75 Å². The fourth-order valence-corrected chi connectivity index (χ4v) is 5.21. The molecule has 0 bridgehead atoms. The summed E-state index contributed by atoms with van der Waals surface area (Å²) in [6.45, 7) is 2.51. The molecule has 1 atom stereocenters. The number of nitrogens with zero attached hydrogens (tertiary/aromatic N) is 1. The number of halogens is 2. The standard InChI is InChI=1S/C29H26Cl2N2O5/c1-17-5-4-6-18(13-17)14-23(29(37)38)32-28(36)26-22(30)15-20-16-33(12-11-21(20)27(26)31)25(35)10-9-19-7-2-3-8-24(19)34/h2-10,13,15,23,34H,11-12,14,16H2,1H3,(H,32,36)(H,37,38)/b10-9+/t23-/m0/s1. The zero-order valence-electron chi connectivity index (χ0n) is 20.6. The largest absolute Gasteiger partial charge is 0.507 e. The minimum atomic E-state index is -1.17. The van der Waals surface area contributed by atoms with Crippen molar-refractivity contribution in [2.75, 3.05) is 6.54 Å². The van der Waals surface area contributed by atoms with Gasteiger partial charge >= 0.3 is 5.97 Å². The predicted molar refractivity (Wildman–Crippen MR) is 146 cm³/mol. The lowest BCUT2D eigenvalue weighted by Gasteiger charge is -2.29. The first-order chi connectivity index (χ1) is 18.1. The number of amides is 2. The van der Waals surface area contributed by atoms with Crippen molar-refractivity contribution in [2.24, 2.45) is 0 Å². The molecule has 9 heteroatoms. The highest BCUT2D eigenvalue weighted by molar-refractivity contribution is 6.40. The van der Waals surface area contributed by atoms with E-state index in [1.54, 1.807) is 47.4 Å². The van der Waals surface area contributed by atoms with E-state index < -0.39 is 17.9 Å². The third-order valence-corrected chi connectivity index (χ3v) is 7.13. The maximum atomic E-state index is 13.1. The van der Waals surface area contributed by atoms with Crippen LogP contribution in [0.3, 0.4) is 0 Å². The maximum Gasteiger partial charge on any atom is 0.326 e. The zero-order chi connectivity index (χ0) is 27.4. The molecule has 2 amide bonds. The second-order valence-corrected chi connectivity index (χ2v) is 9.93. The molecule has 3 N–H and O–H groups in total. The molecule has 0 aromatic heterocycles. The molecular formula is C29H26Cl2N2O5. The van der Waals surface area contributed by atoms with Crippen LogP contribution in [-0.4, -0.2) is 45.5 Å². The average molecular weight is 553 g/mol. The second-order valence-electron chi connectivity index (χ2n) is 9.14. The quantitative estimate of drug-likeness (QED) is 0.356. The molecule has 0 spiro atoms. The van der Waals surface area contributed by atoms with Gasteiger partial charge in [-0.15, -0.1) is 0 Å². The molecule has 7 nitrogen and oxygen atoms in total. The molecule has 0 saturated heterocycles. The molecule has 1 aliphatic rings. The molecule has 0 saturated carbocycles. The molecule has 4 rings (SSSR count). The van der Waals surface area contributed by atoms with Gasteiger partial charge in [0.25, 0.3) is 5.91 Å². The third kappa shape index (κ3) is 6.18. The molecule has 0 aliphatic carbocycles. The highest BCUT2D eigenvalue weighted by Gasteiger charge is 2.29. The number of carbonyl (C=O) groups is 3. The van der Waals surface area contributed by atoms with Gasteiger partial charge in [-0.3, -0.25) is 9.59 Å². The third-order valence-electron chi connectivity index (χ3n) is 6.41. The Bertz CT molecular complexity index is 1440. The van der Waals surface area contributed by atoms with E-state index in [9.17, 15) is 24.6 Å². The lowest BCUT2D eigenvalue weighted by atomic mass is 9.96. The summed E-state index contributed by atoms with van der Waals surface area (Å²) in [5.74, 6) is -2.01. The van der Waals surface area contributed by atoms with E-state index in [2.05, 4.69) is 5.32 Å². The van der Waals surface area contributed by atoms with E-state index in [0.717, 1.165) is 11.1 Å². The van der Waals surface area contributed by atoms with Gasteiger partial charge in [-0.2, -0.15) is 0 Å². The summed E-state index contributed by atoms with van der Waals surface area (Å²) in [5, 5.41) is 22.4. The van der Waals surface area contributed by atoms with Crippen molar-refractivity contribution < 1.29 is 24.6 Å². The monoisotopic (exact) mass is 552 g/mol. The number of carbonyl (C=O) groups excluding carboxylic acids is 2. The summed E-state index contributed by atoms with van der Waals surface area (Å²) >= 11 is 13.1. The maximum absolute atomic E-state index is 13.1. The van der Waals surface area contributed by atoms with Crippen molar-refractivity contribution in [2.45, 2.75) is 32.4 Å². The predicted octanol–water partition coefficient (Wildman–Crippen LogP) is 5.03. The van der Waals surface area contributed by atoms with Crippen molar-refractivity contribution in [3.05, 3.63) is 104 Å². The SMILES string of the molecule is Cc1cccc(C[C@H](NC(=O)c2c(Cl)cc3c(c2Cl)CCN(C(=O)/C=C/c2ccccc2O)C3)C(=O)O)c1. The number of benzene rings is 3. The van der Waals surface area contributed by atoms with Gasteiger partial charge in [0.1, 0.15) is 11.8 Å². The van der Waals surface area contributed by atoms with E-state index in [1.807, 2.05) is 25.1 Å². The number of rotatable bonds is 7. The van der Waals surface area contributed by atoms with Gasteiger partial charge in [-0.1, -0.05) is 71.2 Å². The van der Waals surface area contributed by atoms with E-state index in [-0.39, 0.29) is 40.2 Å². The minimum absolute atomic E-state index is 0.0156. The lowest BCUT2D eigenvalue weighted by Crippen LogP contribution is -2.42. The number of para-hydroxylation sites is 1. The first-order valence-electron chi connectivity index (χ1n) is 12.0. The zero-order valence-corrected chi connectivity index (χ0v) is 22.1. The Morgan fingerprint density at radius 1 is 1.11 bits per heavy atom. The Labute approximate surface area is 230 Å².